The van der Waals surface area contributed by atoms with Crippen LogP contribution in [0.1, 0.15) is 25.5 Å². The molecule has 2 aromatic heterocycles. The molecule has 0 fully saturated rings. The molecule has 0 aliphatic rings. The first kappa shape index (κ1) is 17.0. The van der Waals surface area contributed by atoms with Crippen LogP contribution in [0.15, 0.2) is 35.8 Å². The van der Waals surface area contributed by atoms with Gasteiger partial charge in [-0.3, -0.25) is 14.5 Å². The summed E-state index contributed by atoms with van der Waals surface area (Å²) in [6, 6.07) is 6.97. The van der Waals surface area contributed by atoms with Crippen molar-refractivity contribution in [2.75, 3.05) is 0 Å². The SMILES string of the molecule is CCCC(NCc1c(-c2ccc(Cl)cc2)nc2sccn12)C(=O)O. The van der Waals surface area contributed by atoms with E-state index in [9.17, 15) is 9.90 Å². The molecule has 0 aliphatic heterocycles. The van der Waals surface area contributed by atoms with Gasteiger partial charge < -0.3 is 5.11 Å². The number of hydrogen-bond donors (Lipinski definition) is 2. The molecule has 1 unspecified atom stereocenters. The van der Waals surface area contributed by atoms with Crippen molar-refractivity contribution in [3.8, 4) is 11.3 Å². The molecule has 3 rings (SSSR count). The zero-order valence-electron chi connectivity index (χ0n) is 13.2. The number of aliphatic carboxylic acids is 1. The molecule has 0 aliphatic carbocycles. The predicted molar refractivity (Wildman–Crippen MR) is 96.7 cm³/mol. The maximum absolute atomic E-state index is 11.4. The van der Waals surface area contributed by atoms with Crippen molar-refractivity contribution in [1.82, 2.24) is 14.7 Å². The minimum Gasteiger partial charge on any atom is -0.480 e. The Balaban J connectivity index is 1.93. The van der Waals surface area contributed by atoms with Crippen LogP contribution < -0.4 is 5.32 Å². The number of imidazole rings is 1. The van der Waals surface area contributed by atoms with Gasteiger partial charge in [-0.25, -0.2) is 4.98 Å². The van der Waals surface area contributed by atoms with Crippen molar-refractivity contribution in [3.05, 3.63) is 46.6 Å². The van der Waals surface area contributed by atoms with Crippen LogP contribution in [0.3, 0.4) is 0 Å². The molecule has 2 heterocycles. The maximum atomic E-state index is 11.4. The van der Waals surface area contributed by atoms with Crippen molar-refractivity contribution in [2.45, 2.75) is 32.4 Å². The Hall–Kier alpha value is -1.89. The van der Waals surface area contributed by atoms with E-state index in [1.54, 1.807) is 11.3 Å². The van der Waals surface area contributed by atoms with Crippen molar-refractivity contribution < 1.29 is 9.90 Å². The molecule has 0 radical (unpaired) electrons. The number of thiazole rings is 1. The Kier molecular flexibility index (Phi) is 5.18. The van der Waals surface area contributed by atoms with Crippen molar-refractivity contribution >= 4 is 33.9 Å². The fourth-order valence-corrected chi connectivity index (χ4v) is 3.52. The number of nitrogens with zero attached hydrogens (tertiary/aromatic N) is 2. The van der Waals surface area contributed by atoms with Crippen LogP contribution in [-0.2, 0) is 11.3 Å². The van der Waals surface area contributed by atoms with Gasteiger partial charge in [-0.1, -0.05) is 37.1 Å². The van der Waals surface area contributed by atoms with Gasteiger partial charge in [0.05, 0.1) is 11.4 Å². The lowest BCUT2D eigenvalue weighted by Crippen LogP contribution is -2.36. The number of carboxylic acids is 1. The zero-order valence-corrected chi connectivity index (χ0v) is 14.8. The van der Waals surface area contributed by atoms with Crippen molar-refractivity contribution in [1.29, 1.82) is 0 Å². The average Bonchev–Trinajstić information content (AvgIpc) is 3.13. The van der Waals surface area contributed by atoms with Crippen LogP contribution in [0, 0.1) is 0 Å². The Bertz CT molecular complexity index is 841. The number of halogens is 1. The van der Waals surface area contributed by atoms with Crippen LogP contribution in [0.5, 0.6) is 0 Å². The third-order valence-corrected chi connectivity index (χ3v) is 4.88. The van der Waals surface area contributed by atoms with Crippen LogP contribution in [0.2, 0.25) is 5.02 Å². The lowest BCUT2D eigenvalue weighted by molar-refractivity contribution is -0.139. The molecule has 1 aromatic carbocycles. The summed E-state index contributed by atoms with van der Waals surface area (Å²) < 4.78 is 2.01. The molecule has 2 N–H and O–H groups in total. The highest BCUT2D eigenvalue weighted by atomic mass is 35.5. The summed E-state index contributed by atoms with van der Waals surface area (Å²) in [6.45, 7) is 2.42. The third kappa shape index (κ3) is 3.45. The minimum absolute atomic E-state index is 0.437. The molecule has 0 spiro atoms. The molecule has 126 valence electrons. The van der Waals surface area contributed by atoms with Gasteiger partial charge in [0, 0.05) is 28.7 Å². The number of rotatable bonds is 7. The van der Waals surface area contributed by atoms with E-state index in [4.69, 9.17) is 16.6 Å². The average molecular weight is 364 g/mol. The molecule has 24 heavy (non-hydrogen) atoms. The van der Waals surface area contributed by atoms with E-state index >= 15 is 0 Å². The van der Waals surface area contributed by atoms with E-state index in [-0.39, 0.29) is 0 Å². The third-order valence-electron chi connectivity index (χ3n) is 3.87. The van der Waals surface area contributed by atoms with E-state index in [2.05, 4.69) is 5.32 Å². The normalized spacial score (nSPS) is 12.6. The molecule has 3 aromatic rings. The topological polar surface area (TPSA) is 66.6 Å². The van der Waals surface area contributed by atoms with Crippen molar-refractivity contribution in [2.24, 2.45) is 0 Å². The highest BCUT2D eigenvalue weighted by molar-refractivity contribution is 7.15. The van der Waals surface area contributed by atoms with Gasteiger partial charge >= 0.3 is 5.97 Å². The smallest absolute Gasteiger partial charge is 0.320 e. The minimum atomic E-state index is -0.823. The van der Waals surface area contributed by atoms with Gasteiger partial charge in [-0.15, -0.1) is 11.3 Å². The van der Waals surface area contributed by atoms with E-state index in [1.165, 1.54) is 0 Å². The lowest BCUT2D eigenvalue weighted by atomic mass is 10.1. The summed E-state index contributed by atoms with van der Waals surface area (Å²) in [5, 5.41) is 15.1. The predicted octanol–water partition coefficient (Wildman–Crippen LogP) is 4.06. The largest absolute Gasteiger partial charge is 0.480 e. The Morgan fingerprint density at radius 1 is 1.42 bits per heavy atom. The monoisotopic (exact) mass is 363 g/mol. The van der Waals surface area contributed by atoms with Crippen molar-refractivity contribution in [3.63, 3.8) is 0 Å². The Labute approximate surface area is 148 Å². The lowest BCUT2D eigenvalue weighted by Gasteiger charge is -2.14. The molecule has 0 bridgehead atoms. The number of hydrogen-bond acceptors (Lipinski definition) is 4. The van der Waals surface area contributed by atoms with E-state index in [0.717, 1.165) is 28.3 Å². The second-order valence-corrected chi connectivity index (χ2v) is 6.84. The van der Waals surface area contributed by atoms with E-state index in [1.807, 2.05) is 47.2 Å². The molecule has 0 saturated carbocycles. The number of carbonyl (C=O) groups is 1. The van der Waals surface area contributed by atoms with Gasteiger partial charge in [-0.2, -0.15) is 0 Å². The number of benzene rings is 1. The summed E-state index contributed by atoms with van der Waals surface area (Å²) in [4.78, 5) is 16.9. The maximum Gasteiger partial charge on any atom is 0.320 e. The van der Waals surface area contributed by atoms with Gasteiger partial charge in [-0.05, 0) is 18.6 Å². The van der Waals surface area contributed by atoms with Crippen LogP contribution in [-0.4, -0.2) is 26.5 Å². The summed E-state index contributed by atoms with van der Waals surface area (Å²) in [5.74, 6) is -0.823. The summed E-state index contributed by atoms with van der Waals surface area (Å²) in [5.41, 5.74) is 2.78. The highest BCUT2D eigenvalue weighted by Crippen LogP contribution is 2.27. The fraction of sp³-hybridized carbons (Fsp3) is 0.294. The number of aromatic nitrogens is 2. The second-order valence-electron chi connectivity index (χ2n) is 5.53. The summed E-state index contributed by atoms with van der Waals surface area (Å²) >= 11 is 7.52. The standard InChI is InChI=1S/C17H18ClN3O2S/c1-2-3-13(16(22)23)19-10-14-15(11-4-6-12(18)7-5-11)20-17-21(14)8-9-24-17/h4-9,13,19H,2-3,10H2,1H3,(H,22,23). The second kappa shape index (κ2) is 7.34. The molecule has 0 saturated heterocycles. The first-order chi connectivity index (χ1) is 11.6. The van der Waals surface area contributed by atoms with E-state index < -0.39 is 12.0 Å². The molecular weight excluding hydrogens is 346 g/mol. The van der Waals surface area contributed by atoms with Crippen LogP contribution >= 0.6 is 22.9 Å². The van der Waals surface area contributed by atoms with Crippen LogP contribution in [0.4, 0.5) is 0 Å². The molecule has 0 amide bonds. The number of carboxylic acid groups (broad SMARTS) is 1. The van der Waals surface area contributed by atoms with E-state index in [0.29, 0.717) is 18.0 Å². The molecule has 1 atom stereocenters. The quantitative estimate of drug-likeness (QED) is 0.664. The molecular formula is C17H18ClN3O2S. The number of fused-ring (bicyclic) bond motifs is 1. The molecule has 5 nitrogen and oxygen atoms in total. The van der Waals surface area contributed by atoms with Gasteiger partial charge in [0.25, 0.3) is 0 Å². The fourth-order valence-electron chi connectivity index (χ4n) is 2.66. The van der Waals surface area contributed by atoms with Gasteiger partial charge in [0.15, 0.2) is 4.96 Å². The first-order valence-electron chi connectivity index (χ1n) is 7.76. The Morgan fingerprint density at radius 2 is 2.17 bits per heavy atom. The first-order valence-corrected chi connectivity index (χ1v) is 9.02. The molecule has 7 heteroatoms. The van der Waals surface area contributed by atoms with Gasteiger partial charge in [0.2, 0.25) is 0 Å². The number of nitrogens with one attached hydrogen (secondary N) is 1. The zero-order chi connectivity index (χ0) is 17.1. The summed E-state index contributed by atoms with van der Waals surface area (Å²) in [7, 11) is 0. The Morgan fingerprint density at radius 3 is 2.83 bits per heavy atom. The highest BCUT2D eigenvalue weighted by Gasteiger charge is 2.19. The van der Waals surface area contributed by atoms with Crippen LogP contribution in [0.25, 0.3) is 16.2 Å². The van der Waals surface area contributed by atoms with Gasteiger partial charge in [0.1, 0.15) is 6.04 Å². The summed E-state index contributed by atoms with van der Waals surface area (Å²) in [6.07, 6.45) is 3.37.